The predicted octanol–water partition coefficient (Wildman–Crippen LogP) is 2.95. The standard InChI is InChI=1S/C10H12F2O/c1-7-3-4-9(5-8(7)2)13-6-10(11)12/h3-5,10H,6H2,1-2H3. The molecule has 1 aromatic carbocycles. The SMILES string of the molecule is Cc1ccc(OCC(F)F)cc1C. The van der Waals surface area contributed by atoms with E-state index in [0.717, 1.165) is 11.1 Å². The summed E-state index contributed by atoms with van der Waals surface area (Å²) >= 11 is 0. The zero-order valence-corrected chi connectivity index (χ0v) is 7.68. The van der Waals surface area contributed by atoms with Gasteiger partial charge in [0.15, 0.2) is 0 Å². The molecule has 0 aliphatic rings. The summed E-state index contributed by atoms with van der Waals surface area (Å²) in [5.41, 5.74) is 2.18. The molecule has 0 atom stereocenters. The number of hydrogen-bond donors (Lipinski definition) is 0. The quantitative estimate of drug-likeness (QED) is 0.705. The first-order chi connectivity index (χ1) is 6.09. The second-order valence-corrected chi connectivity index (χ2v) is 2.95. The van der Waals surface area contributed by atoms with Gasteiger partial charge in [-0.1, -0.05) is 6.07 Å². The molecule has 0 spiro atoms. The van der Waals surface area contributed by atoms with Gasteiger partial charge in [-0.3, -0.25) is 0 Å². The minimum Gasteiger partial charge on any atom is -0.488 e. The Bertz CT molecular complexity index is 284. The molecule has 0 unspecified atom stereocenters. The first kappa shape index (κ1) is 9.96. The highest BCUT2D eigenvalue weighted by atomic mass is 19.3. The highest BCUT2D eigenvalue weighted by Gasteiger charge is 2.03. The Labute approximate surface area is 76.3 Å². The molecule has 3 heteroatoms. The molecule has 0 aliphatic heterocycles. The number of hydrogen-bond acceptors (Lipinski definition) is 1. The number of ether oxygens (including phenoxy) is 1. The highest BCUT2D eigenvalue weighted by Crippen LogP contribution is 2.16. The normalized spacial score (nSPS) is 10.5. The van der Waals surface area contributed by atoms with Crippen molar-refractivity contribution in [3.8, 4) is 5.75 Å². The van der Waals surface area contributed by atoms with Gasteiger partial charge >= 0.3 is 0 Å². The van der Waals surface area contributed by atoms with Gasteiger partial charge in [0.05, 0.1) is 0 Å². The molecule has 0 aromatic heterocycles. The van der Waals surface area contributed by atoms with Crippen LogP contribution in [0.15, 0.2) is 18.2 Å². The third-order valence-electron chi connectivity index (χ3n) is 1.85. The first-order valence-electron chi connectivity index (χ1n) is 4.08. The van der Waals surface area contributed by atoms with Crippen LogP contribution < -0.4 is 4.74 Å². The lowest BCUT2D eigenvalue weighted by molar-refractivity contribution is 0.0819. The fourth-order valence-electron chi connectivity index (χ4n) is 0.963. The molecule has 0 radical (unpaired) electrons. The maximum absolute atomic E-state index is 11.8. The van der Waals surface area contributed by atoms with Crippen molar-refractivity contribution in [1.29, 1.82) is 0 Å². The summed E-state index contributed by atoms with van der Waals surface area (Å²) in [6.07, 6.45) is -2.42. The minimum absolute atomic E-state index is 0.503. The minimum atomic E-state index is -2.42. The summed E-state index contributed by atoms with van der Waals surface area (Å²) in [6, 6.07) is 5.32. The van der Waals surface area contributed by atoms with Gasteiger partial charge in [0, 0.05) is 0 Å². The Morgan fingerprint density at radius 3 is 2.46 bits per heavy atom. The molecule has 72 valence electrons. The molecule has 1 rings (SSSR count). The van der Waals surface area contributed by atoms with Crippen molar-refractivity contribution in [1.82, 2.24) is 0 Å². The van der Waals surface area contributed by atoms with E-state index in [2.05, 4.69) is 0 Å². The van der Waals surface area contributed by atoms with E-state index in [-0.39, 0.29) is 0 Å². The second kappa shape index (κ2) is 4.21. The molecule has 1 nitrogen and oxygen atoms in total. The van der Waals surface area contributed by atoms with Crippen LogP contribution in [0.3, 0.4) is 0 Å². The van der Waals surface area contributed by atoms with Crippen LogP contribution in [0.4, 0.5) is 8.78 Å². The molecule has 0 aliphatic carbocycles. The van der Waals surface area contributed by atoms with Crippen LogP contribution in [-0.4, -0.2) is 13.0 Å². The molecule has 0 saturated heterocycles. The van der Waals surface area contributed by atoms with Gasteiger partial charge in [-0.05, 0) is 37.1 Å². The summed E-state index contributed by atoms with van der Waals surface area (Å²) in [7, 11) is 0. The van der Waals surface area contributed by atoms with Crippen LogP contribution in [0.2, 0.25) is 0 Å². The van der Waals surface area contributed by atoms with Gasteiger partial charge in [0.2, 0.25) is 0 Å². The molecule has 0 bridgehead atoms. The molecular formula is C10H12F2O. The van der Waals surface area contributed by atoms with Crippen LogP contribution in [0.25, 0.3) is 0 Å². The third kappa shape index (κ3) is 3.01. The van der Waals surface area contributed by atoms with Gasteiger partial charge < -0.3 is 4.74 Å². The largest absolute Gasteiger partial charge is 0.488 e. The van der Waals surface area contributed by atoms with Crippen molar-refractivity contribution in [2.75, 3.05) is 6.61 Å². The topological polar surface area (TPSA) is 9.23 Å². The molecular weight excluding hydrogens is 174 g/mol. The van der Waals surface area contributed by atoms with Gasteiger partial charge in [-0.2, -0.15) is 0 Å². The molecule has 0 N–H and O–H groups in total. The molecule has 13 heavy (non-hydrogen) atoms. The monoisotopic (exact) mass is 186 g/mol. The Kier molecular flexibility index (Phi) is 3.23. The lowest BCUT2D eigenvalue weighted by Crippen LogP contribution is -2.06. The first-order valence-corrected chi connectivity index (χ1v) is 4.08. The van der Waals surface area contributed by atoms with Gasteiger partial charge in [0.25, 0.3) is 6.43 Å². The van der Waals surface area contributed by atoms with Crippen LogP contribution in [-0.2, 0) is 0 Å². The Morgan fingerprint density at radius 2 is 1.92 bits per heavy atom. The highest BCUT2D eigenvalue weighted by molar-refractivity contribution is 5.33. The van der Waals surface area contributed by atoms with E-state index in [1.54, 1.807) is 12.1 Å². The molecule has 0 saturated carbocycles. The smallest absolute Gasteiger partial charge is 0.272 e. The third-order valence-corrected chi connectivity index (χ3v) is 1.85. The fourth-order valence-corrected chi connectivity index (χ4v) is 0.963. The molecule has 0 heterocycles. The van der Waals surface area contributed by atoms with Crippen LogP contribution in [0.5, 0.6) is 5.75 Å². The lowest BCUT2D eigenvalue weighted by Gasteiger charge is -2.07. The van der Waals surface area contributed by atoms with Crippen LogP contribution in [0, 0.1) is 13.8 Å². The van der Waals surface area contributed by atoms with E-state index in [9.17, 15) is 8.78 Å². The summed E-state index contributed by atoms with van der Waals surface area (Å²) in [5.74, 6) is 0.503. The molecule has 1 aromatic rings. The van der Waals surface area contributed by atoms with E-state index < -0.39 is 13.0 Å². The Balaban J connectivity index is 2.63. The second-order valence-electron chi connectivity index (χ2n) is 2.95. The van der Waals surface area contributed by atoms with E-state index in [1.165, 1.54) is 0 Å². The van der Waals surface area contributed by atoms with Gasteiger partial charge in [-0.15, -0.1) is 0 Å². The van der Waals surface area contributed by atoms with Crippen molar-refractivity contribution in [3.05, 3.63) is 29.3 Å². The number of aryl methyl sites for hydroxylation is 2. The Morgan fingerprint density at radius 1 is 1.23 bits per heavy atom. The number of halogens is 2. The van der Waals surface area contributed by atoms with E-state index >= 15 is 0 Å². The van der Waals surface area contributed by atoms with Crippen LogP contribution in [0.1, 0.15) is 11.1 Å². The van der Waals surface area contributed by atoms with Gasteiger partial charge in [0.1, 0.15) is 12.4 Å². The summed E-state index contributed by atoms with van der Waals surface area (Å²) in [4.78, 5) is 0. The summed E-state index contributed by atoms with van der Waals surface area (Å²) in [6.45, 7) is 3.35. The zero-order valence-electron chi connectivity index (χ0n) is 7.68. The van der Waals surface area contributed by atoms with E-state index in [4.69, 9.17) is 4.74 Å². The maximum Gasteiger partial charge on any atom is 0.272 e. The summed E-state index contributed by atoms with van der Waals surface area (Å²) in [5, 5.41) is 0. The number of alkyl halides is 2. The van der Waals surface area contributed by atoms with E-state index in [1.807, 2.05) is 19.9 Å². The number of rotatable bonds is 3. The lowest BCUT2D eigenvalue weighted by atomic mass is 10.1. The summed E-state index contributed by atoms with van der Waals surface area (Å²) < 4.78 is 28.4. The Hall–Kier alpha value is -1.12. The van der Waals surface area contributed by atoms with E-state index in [0.29, 0.717) is 5.75 Å². The van der Waals surface area contributed by atoms with Crippen molar-refractivity contribution < 1.29 is 13.5 Å². The maximum atomic E-state index is 11.8. The predicted molar refractivity (Wildman–Crippen MR) is 47.4 cm³/mol. The van der Waals surface area contributed by atoms with Gasteiger partial charge in [-0.25, -0.2) is 8.78 Å². The van der Waals surface area contributed by atoms with Crippen molar-refractivity contribution in [2.45, 2.75) is 20.3 Å². The average molecular weight is 186 g/mol. The molecule has 0 amide bonds. The van der Waals surface area contributed by atoms with Crippen molar-refractivity contribution >= 4 is 0 Å². The van der Waals surface area contributed by atoms with Crippen molar-refractivity contribution in [3.63, 3.8) is 0 Å². The van der Waals surface area contributed by atoms with Crippen molar-refractivity contribution in [2.24, 2.45) is 0 Å². The molecule has 0 fully saturated rings. The zero-order chi connectivity index (χ0) is 9.84. The average Bonchev–Trinajstić information content (AvgIpc) is 2.07. The fraction of sp³-hybridized carbons (Fsp3) is 0.400. The van der Waals surface area contributed by atoms with Crippen LogP contribution >= 0.6 is 0 Å². The number of benzene rings is 1.